The number of hydrogen-bond donors (Lipinski definition) is 1. The maximum absolute atomic E-state index is 12.3. The number of rotatable bonds is 4. The van der Waals surface area contributed by atoms with Gasteiger partial charge >= 0.3 is 0 Å². The first-order valence-electron chi connectivity index (χ1n) is 7.88. The number of carbonyl (C=O) groups excluding carboxylic acids is 1. The number of ketones is 1. The van der Waals surface area contributed by atoms with Gasteiger partial charge in [-0.05, 0) is 19.1 Å². The first-order chi connectivity index (χ1) is 10.9. The van der Waals surface area contributed by atoms with E-state index in [1.807, 2.05) is 26.0 Å². The summed E-state index contributed by atoms with van der Waals surface area (Å²) in [5.41, 5.74) is 1.70. The first kappa shape index (κ1) is 16.1. The summed E-state index contributed by atoms with van der Waals surface area (Å²) >= 11 is 1.53. The van der Waals surface area contributed by atoms with Gasteiger partial charge in [-0.15, -0.1) is 11.3 Å². The van der Waals surface area contributed by atoms with Gasteiger partial charge in [0.2, 0.25) is 0 Å². The molecule has 2 aromatic heterocycles. The van der Waals surface area contributed by atoms with Crippen LogP contribution in [0.25, 0.3) is 0 Å². The van der Waals surface area contributed by atoms with Gasteiger partial charge in [0, 0.05) is 36.9 Å². The van der Waals surface area contributed by atoms with Gasteiger partial charge in [-0.25, -0.2) is 4.98 Å². The summed E-state index contributed by atoms with van der Waals surface area (Å²) in [5, 5.41) is 0. The maximum atomic E-state index is 12.3. The molecular formula is C17H21N3O2S. The predicted molar refractivity (Wildman–Crippen MR) is 91.1 cm³/mol. The van der Waals surface area contributed by atoms with Crippen LogP contribution in [0.1, 0.15) is 58.3 Å². The van der Waals surface area contributed by atoms with Crippen LogP contribution in [-0.2, 0) is 19.5 Å². The van der Waals surface area contributed by atoms with Crippen molar-refractivity contribution < 1.29 is 4.79 Å². The number of H-pyrrole nitrogens is 1. The molecule has 0 unspecified atom stereocenters. The average Bonchev–Trinajstić information content (AvgIpc) is 2.96. The Bertz CT molecular complexity index is 791. The Labute approximate surface area is 139 Å². The predicted octanol–water partition coefficient (Wildman–Crippen LogP) is 2.72. The quantitative estimate of drug-likeness (QED) is 0.875. The molecule has 3 heterocycles. The Morgan fingerprint density at radius 3 is 2.87 bits per heavy atom. The topological polar surface area (TPSA) is 66.1 Å². The number of nitrogens with zero attached hydrogens (tertiary/aromatic N) is 2. The zero-order valence-electron chi connectivity index (χ0n) is 13.7. The van der Waals surface area contributed by atoms with E-state index >= 15 is 0 Å². The Balaban J connectivity index is 1.77. The van der Waals surface area contributed by atoms with Crippen LogP contribution in [0.2, 0.25) is 0 Å². The summed E-state index contributed by atoms with van der Waals surface area (Å²) in [5.74, 6) is 1.10. The van der Waals surface area contributed by atoms with E-state index in [0.717, 1.165) is 46.3 Å². The molecule has 0 aromatic carbocycles. The van der Waals surface area contributed by atoms with Crippen LogP contribution in [0, 0.1) is 0 Å². The van der Waals surface area contributed by atoms with Crippen molar-refractivity contribution in [3.8, 4) is 0 Å². The molecule has 0 aliphatic carbocycles. The van der Waals surface area contributed by atoms with E-state index in [0.29, 0.717) is 6.54 Å². The summed E-state index contributed by atoms with van der Waals surface area (Å²) < 4.78 is 0. The number of aromatic amines is 1. The van der Waals surface area contributed by atoms with Crippen molar-refractivity contribution in [2.45, 2.75) is 46.2 Å². The van der Waals surface area contributed by atoms with Gasteiger partial charge in [-0.3, -0.25) is 14.5 Å². The Morgan fingerprint density at radius 2 is 2.22 bits per heavy atom. The number of hydrogen-bond acceptors (Lipinski definition) is 5. The molecule has 1 N–H and O–H groups in total. The number of thiophene rings is 1. The van der Waals surface area contributed by atoms with E-state index in [1.165, 1.54) is 11.3 Å². The monoisotopic (exact) mass is 331 g/mol. The minimum atomic E-state index is -0.0148. The smallest absolute Gasteiger partial charge is 0.255 e. The van der Waals surface area contributed by atoms with Crippen LogP contribution in [0.15, 0.2) is 16.9 Å². The van der Waals surface area contributed by atoms with E-state index in [-0.39, 0.29) is 17.3 Å². The molecule has 0 radical (unpaired) electrons. The van der Waals surface area contributed by atoms with Gasteiger partial charge in [0.25, 0.3) is 5.56 Å². The molecule has 0 fully saturated rings. The minimum absolute atomic E-state index is 0.0148. The molecule has 0 spiro atoms. The third-order valence-corrected chi connectivity index (χ3v) is 5.27. The standard InChI is InChI=1S/C17H21N3O2S/c1-10(2)16-18-14-6-7-20(9-13(14)17(22)19-16)8-12-4-5-15(23-12)11(3)21/h4-5,10H,6-9H2,1-3H3,(H,18,19,22). The summed E-state index contributed by atoms with van der Waals surface area (Å²) in [6.45, 7) is 7.91. The SMILES string of the molecule is CC(=O)c1ccc(CN2CCc3nc(C(C)C)[nH]c(=O)c3C2)s1. The van der Waals surface area contributed by atoms with Gasteiger partial charge < -0.3 is 4.98 Å². The number of carbonyl (C=O) groups is 1. The van der Waals surface area contributed by atoms with Gasteiger partial charge in [-0.1, -0.05) is 13.8 Å². The second-order valence-corrected chi connectivity index (χ2v) is 7.48. The molecule has 0 saturated carbocycles. The van der Waals surface area contributed by atoms with Crippen LogP contribution >= 0.6 is 11.3 Å². The van der Waals surface area contributed by atoms with Crippen molar-refractivity contribution in [2.24, 2.45) is 0 Å². The second-order valence-electron chi connectivity index (χ2n) is 6.31. The lowest BCUT2D eigenvalue weighted by Crippen LogP contribution is -2.35. The van der Waals surface area contributed by atoms with Crippen molar-refractivity contribution >= 4 is 17.1 Å². The van der Waals surface area contributed by atoms with E-state index < -0.39 is 0 Å². The van der Waals surface area contributed by atoms with Gasteiger partial charge in [0.1, 0.15) is 5.82 Å². The van der Waals surface area contributed by atoms with Crippen molar-refractivity contribution in [1.29, 1.82) is 0 Å². The normalized spacial score (nSPS) is 15.0. The molecule has 1 aliphatic heterocycles. The number of nitrogens with one attached hydrogen (secondary N) is 1. The van der Waals surface area contributed by atoms with E-state index in [1.54, 1.807) is 6.92 Å². The first-order valence-corrected chi connectivity index (χ1v) is 8.69. The summed E-state index contributed by atoms with van der Waals surface area (Å²) in [6, 6.07) is 3.88. The highest BCUT2D eigenvalue weighted by Crippen LogP contribution is 2.22. The molecule has 6 heteroatoms. The molecule has 0 atom stereocenters. The maximum Gasteiger partial charge on any atom is 0.255 e. The fraction of sp³-hybridized carbons (Fsp3) is 0.471. The molecule has 3 rings (SSSR count). The van der Waals surface area contributed by atoms with Gasteiger partial charge in [0.15, 0.2) is 5.78 Å². The summed E-state index contributed by atoms with van der Waals surface area (Å²) in [7, 11) is 0. The van der Waals surface area contributed by atoms with Crippen molar-refractivity contribution in [3.05, 3.63) is 49.3 Å². The Kier molecular flexibility index (Phi) is 4.46. The van der Waals surface area contributed by atoms with Crippen LogP contribution in [0.4, 0.5) is 0 Å². The highest BCUT2D eigenvalue weighted by Gasteiger charge is 2.22. The van der Waals surface area contributed by atoms with Crippen molar-refractivity contribution in [2.75, 3.05) is 6.54 Å². The zero-order chi connectivity index (χ0) is 16.6. The minimum Gasteiger partial charge on any atom is -0.310 e. The van der Waals surface area contributed by atoms with E-state index in [9.17, 15) is 9.59 Å². The van der Waals surface area contributed by atoms with Crippen LogP contribution in [0.3, 0.4) is 0 Å². The average molecular weight is 331 g/mol. The van der Waals surface area contributed by atoms with Crippen LogP contribution in [0.5, 0.6) is 0 Å². The van der Waals surface area contributed by atoms with Crippen molar-refractivity contribution in [1.82, 2.24) is 14.9 Å². The van der Waals surface area contributed by atoms with Gasteiger partial charge in [0.05, 0.1) is 16.1 Å². The zero-order valence-corrected chi connectivity index (χ0v) is 14.5. The fourth-order valence-corrected chi connectivity index (χ4v) is 3.73. The molecule has 0 amide bonds. The summed E-state index contributed by atoms with van der Waals surface area (Å²) in [6.07, 6.45) is 0.796. The number of aromatic nitrogens is 2. The highest BCUT2D eigenvalue weighted by atomic mass is 32.1. The third-order valence-electron chi connectivity index (χ3n) is 4.10. The Morgan fingerprint density at radius 1 is 1.43 bits per heavy atom. The number of Topliss-reactive ketones (excluding diaryl/α,β-unsaturated/α-hetero) is 1. The van der Waals surface area contributed by atoms with Gasteiger partial charge in [-0.2, -0.15) is 0 Å². The molecule has 0 saturated heterocycles. The van der Waals surface area contributed by atoms with Crippen LogP contribution in [-0.4, -0.2) is 27.2 Å². The number of fused-ring (bicyclic) bond motifs is 1. The molecule has 0 bridgehead atoms. The molecular weight excluding hydrogens is 310 g/mol. The third kappa shape index (κ3) is 3.43. The molecule has 5 nitrogen and oxygen atoms in total. The summed E-state index contributed by atoms with van der Waals surface area (Å²) in [4.78, 5) is 35.4. The molecule has 1 aliphatic rings. The second kappa shape index (κ2) is 6.37. The highest BCUT2D eigenvalue weighted by molar-refractivity contribution is 7.14. The lowest BCUT2D eigenvalue weighted by atomic mass is 10.1. The van der Waals surface area contributed by atoms with E-state index in [2.05, 4.69) is 14.9 Å². The Hall–Kier alpha value is -1.79. The largest absolute Gasteiger partial charge is 0.310 e. The lowest BCUT2D eigenvalue weighted by molar-refractivity contribution is 0.102. The molecule has 122 valence electrons. The van der Waals surface area contributed by atoms with E-state index in [4.69, 9.17) is 0 Å². The lowest BCUT2D eigenvalue weighted by Gasteiger charge is -2.27. The van der Waals surface area contributed by atoms with Crippen LogP contribution < -0.4 is 5.56 Å². The molecule has 23 heavy (non-hydrogen) atoms. The van der Waals surface area contributed by atoms with Crippen molar-refractivity contribution in [3.63, 3.8) is 0 Å². The fourth-order valence-electron chi connectivity index (χ4n) is 2.78. The molecule has 2 aromatic rings.